The summed E-state index contributed by atoms with van der Waals surface area (Å²) < 4.78 is 25.5. The molecule has 0 radical (unpaired) electrons. The van der Waals surface area contributed by atoms with Crippen LogP contribution < -0.4 is 14.8 Å². The molecule has 0 bridgehead atoms. The van der Waals surface area contributed by atoms with Crippen molar-refractivity contribution in [3.05, 3.63) is 47.5 Å². The Morgan fingerprint density at radius 3 is 2.84 bits per heavy atom. The van der Waals surface area contributed by atoms with Gasteiger partial charge in [0.15, 0.2) is 11.5 Å². The number of nitrogens with zero attached hydrogens (tertiary/aromatic N) is 3. The summed E-state index contributed by atoms with van der Waals surface area (Å²) in [7, 11) is 1.49. The maximum absolute atomic E-state index is 14.2. The second-order valence-corrected chi connectivity index (χ2v) is 8.27. The van der Waals surface area contributed by atoms with Crippen molar-refractivity contribution in [3.8, 4) is 11.5 Å². The molecule has 0 aliphatic carbocycles. The molecule has 166 valence electrons. The van der Waals surface area contributed by atoms with Crippen molar-refractivity contribution in [2.45, 2.75) is 0 Å². The third kappa shape index (κ3) is 4.71. The number of hydrogen-bond donors (Lipinski definition) is 1. The van der Waals surface area contributed by atoms with Crippen LogP contribution in [-0.2, 0) is 9.59 Å². The van der Waals surface area contributed by atoms with E-state index < -0.39 is 16.8 Å². The summed E-state index contributed by atoms with van der Waals surface area (Å²) >= 11 is 6.84. The van der Waals surface area contributed by atoms with Crippen molar-refractivity contribution in [2.24, 2.45) is 0 Å². The summed E-state index contributed by atoms with van der Waals surface area (Å²) in [6.45, 7) is 0.952. The van der Waals surface area contributed by atoms with Crippen LogP contribution in [0.15, 0.2) is 36.7 Å². The van der Waals surface area contributed by atoms with Crippen LogP contribution in [0.1, 0.15) is 0 Å². The van der Waals surface area contributed by atoms with Crippen LogP contribution in [0.5, 0.6) is 11.5 Å². The number of carbonyl (C=O) groups is 2. The van der Waals surface area contributed by atoms with E-state index in [0.717, 1.165) is 11.8 Å². The van der Waals surface area contributed by atoms with Crippen molar-refractivity contribution < 1.29 is 23.5 Å². The van der Waals surface area contributed by atoms with Gasteiger partial charge >= 0.3 is 5.91 Å². The van der Waals surface area contributed by atoms with E-state index in [4.69, 9.17) is 21.1 Å². The Labute approximate surface area is 192 Å². The molecular formula is C21H18ClFN4O4S. The van der Waals surface area contributed by atoms with Gasteiger partial charge in [-0.25, -0.2) is 14.4 Å². The van der Waals surface area contributed by atoms with Gasteiger partial charge in [0, 0.05) is 28.8 Å². The molecule has 1 aliphatic heterocycles. The fraction of sp³-hybridized carbons (Fsp3) is 0.238. The highest BCUT2D eigenvalue weighted by atomic mass is 35.5. The molecule has 1 N–H and O–H groups in total. The lowest BCUT2D eigenvalue weighted by Crippen LogP contribution is -2.43. The van der Waals surface area contributed by atoms with E-state index in [2.05, 4.69) is 15.3 Å². The lowest BCUT2D eigenvalue weighted by molar-refractivity contribution is -0.140. The molecule has 1 amide bonds. The van der Waals surface area contributed by atoms with Gasteiger partial charge in [-0.2, -0.15) is 0 Å². The lowest BCUT2D eigenvalue weighted by atomic mass is 10.2. The van der Waals surface area contributed by atoms with Crippen molar-refractivity contribution in [2.75, 3.05) is 37.9 Å². The molecule has 3 aromatic rings. The molecule has 11 heteroatoms. The Morgan fingerprint density at radius 2 is 2.06 bits per heavy atom. The molecule has 2 aromatic carbocycles. The van der Waals surface area contributed by atoms with Gasteiger partial charge in [0.2, 0.25) is 0 Å². The van der Waals surface area contributed by atoms with E-state index in [9.17, 15) is 14.0 Å². The van der Waals surface area contributed by atoms with Gasteiger partial charge in [-0.15, -0.1) is 0 Å². The van der Waals surface area contributed by atoms with E-state index in [1.807, 2.05) is 0 Å². The number of thioether (sulfide) groups is 1. The first-order valence-corrected chi connectivity index (χ1v) is 11.0. The maximum Gasteiger partial charge on any atom is 0.301 e. The second kappa shape index (κ2) is 9.58. The first-order chi connectivity index (χ1) is 15.5. The average molecular weight is 477 g/mol. The summed E-state index contributed by atoms with van der Waals surface area (Å²) in [5.41, 5.74) is 0.765. The molecule has 0 unspecified atom stereocenters. The van der Waals surface area contributed by atoms with Crippen LogP contribution in [-0.4, -0.2) is 58.4 Å². The quantitative estimate of drug-likeness (QED) is 0.516. The Kier molecular flexibility index (Phi) is 6.61. The second-order valence-electron chi connectivity index (χ2n) is 6.77. The minimum atomic E-state index is -0.514. The van der Waals surface area contributed by atoms with Crippen LogP contribution >= 0.6 is 23.4 Å². The predicted molar refractivity (Wildman–Crippen MR) is 120 cm³/mol. The summed E-state index contributed by atoms with van der Waals surface area (Å²) in [4.78, 5) is 33.4. The molecule has 2 heterocycles. The third-order valence-electron chi connectivity index (χ3n) is 4.78. The van der Waals surface area contributed by atoms with Crippen LogP contribution in [0.25, 0.3) is 10.9 Å². The molecule has 8 nitrogen and oxygen atoms in total. The minimum Gasteiger partial charge on any atom is -0.493 e. The van der Waals surface area contributed by atoms with E-state index in [1.54, 1.807) is 18.2 Å². The number of carbonyl (C=O) groups excluding carboxylic acids is 2. The third-order valence-corrected chi connectivity index (χ3v) is 5.84. The van der Waals surface area contributed by atoms with Crippen molar-refractivity contribution >= 4 is 56.8 Å². The standard InChI is InChI=1S/C21H18ClFN4O4S/c1-30-17-9-13-16(10-18(17)31-6-4-27-5-7-32-21(29)20(27)28)24-11-25-19(13)26-15-3-2-12(22)8-14(15)23/h2-3,8-11H,4-7H2,1H3,(H,24,25,26). The van der Waals surface area contributed by atoms with Gasteiger partial charge in [0.05, 0.1) is 24.9 Å². The predicted octanol–water partition coefficient (Wildman–Crippen LogP) is 3.66. The molecular weight excluding hydrogens is 459 g/mol. The molecule has 0 atom stereocenters. The number of benzene rings is 2. The molecule has 1 saturated heterocycles. The summed E-state index contributed by atoms with van der Waals surface area (Å²) in [5, 5.41) is 3.39. The zero-order valence-electron chi connectivity index (χ0n) is 16.9. The molecule has 1 fully saturated rings. The number of rotatable bonds is 7. The van der Waals surface area contributed by atoms with E-state index in [0.29, 0.717) is 45.5 Å². The van der Waals surface area contributed by atoms with E-state index >= 15 is 0 Å². The molecule has 1 aliphatic rings. The van der Waals surface area contributed by atoms with Gasteiger partial charge < -0.3 is 19.7 Å². The Bertz CT molecular complexity index is 1200. The fourth-order valence-electron chi connectivity index (χ4n) is 3.17. The van der Waals surface area contributed by atoms with Crippen molar-refractivity contribution in [3.63, 3.8) is 0 Å². The van der Waals surface area contributed by atoms with Crippen molar-refractivity contribution in [1.29, 1.82) is 0 Å². The summed E-state index contributed by atoms with van der Waals surface area (Å²) in [6.07, 6.45) is 1.35. The molecule has 1 aromatic heterocycles. The fourth-order valence-corrected chi connectivity index (χ4v) is 4.08. The number of hydrogen-bond acceptors (Lipinski definition) is 8. The van der Waals surface area contributed by atoms with Crippen LogP contribution in [0.4, 0.5) is 15.9 Å². The number of methoxy groups -OCH3 is 1. The largest absolute Gasteiger partial charge is 0.493 e. The van der Waals surface area contributed by atoms with Gasteiger partial charge in [-0.3, -0.25) is 9.59 Å². The number of nitrogens with one attached hydrogen (secondary N) is 1. The molecule has 32 heavy (non-hydrogen) atoms. The first-order valence-electron chi connectivity index (χ1n) is 9.60. The number of ether oxygens (including phenoxy) is 2. The number of amides is 1. The van der Waals surface area contributed by atoms with Crippen LogP contribution in [0, 0.1) is 5.82 Å². The highest BCUT2D eigenvalue weighted by molar-refractivity contribution is 8.15. The number of fused-ring (bicyclic) bond motifs is 1. The highest BCUT2D eigenvalue weighted by Gasteiger charge is 2.26. The van der Waals surface area contributed by atoms with Crippen molar-refractivity contribution in [1.82, 2.24) is 14.9 Å². The smallest absolute Gasteiger partial charge is 0.301 e. The Morgan fingerprint density at radius 1 is 1.22 bits per heavy atom. The highest BCUT2D eigenvalue weighted by Crippen LogP contribution is 2.35. The summed E-state index contributed by atoms with van der Waals surface area (Å²) in [6, 6.07) is 7.66. The minimum absolute atomic E-state index is 0.178. The Balaban J connectivity index is 1.55. The number of aromatic nitrogens is 2. The van der Waals surface area contributed by atoms with Crippen LogP contribution in [0.2, 0.25) is 5.02 Å². The topological polar surface area (TPSA) is 93.7 Å². The zero-order chi connectivity index (χ0) is 22.7. The molecule has 0 spiro atoms. The number of halogens is 2. The van der Waals surface area contributed by atoms with E-state index in [1.165, 1.54) is 30.5 Å². The van der Waals surface area contributed by atoms with Gasteiger partial charge in [-0.1, -0.05) is 23.4 Å². The summed E-state index contributed by atoms with van der Waals surface area (Å²) in [5.74, 6) is 0.783. The maximum atomic E-state index is 14.2. The van der Waals surface area contributed by atoms with Gasteiger partial charge in [0.1, 0.15) is 24.6 Å². The zero-order valence-corrected chi connectivity index (χ0v) is 18.5. The lowest BCUT2D eigenvalue weighted by Gasteiger charge is -2.25. The molecule has 0 saturated carbocycles. The first kappa shape index (κ1) is 22.1. The van der Waals surface area contributed by atoms with E-state index in [-0.39, 0.29) is 18.8 Å². The van der Waals surface area contributed by atoms with Gasteiger partial charge in [-0.05, 0) is 24.3 Å². The monoisotopic (exact) mass is 476 g/mol. The average Bonchev–Trinajstić information content (AvgIpc) is 2.78. The van der Waals surface area contributed by atoms with Gasteiger partial charge in [0.25, 0.3) is 5.12 Å². The molecule has 4 rings (SSSR count). The van der Waals surface area contributed by atoms with Crippen LogP contribution in [0.3, 0.4) is 0 Å². The SMILES string of the molecule is COc1cc2c(Nc3ccc(Cl)cc3F)ncnc2cc1OCCN1CCSC(=O)C1=O. The number of anilines is 2. The normalized spacial score (nSPS) is 14.0. The Hall–Kier alpha value is -3.11.